The van der Waals surface area contributed by atoms with E-state index in [2.05, 4.69) is 4.98 Å². The van der Waals surface area contributed by atoms with Gasteiger partial charge < -0.3 is 9.72 Å². The molecule has 0 radical (unpaired) electrons. The number of halogens is 2. The van der Waals surface area contributed by atoms with Crippen molar-refractivity contribution in [1.82, 2.24) is 4.98 Å². The number of carbonyl (C=O) groups excluding carboxylic acids is 1. The van der Waals surface area contributed by atoms with Crippen molar-refractivity contribution < 1.29 is 13.9 Å². The van der Waals surface area contributed by atoms with E-state index >= 15 is 0 Å². The van der Waals surface area contributed by atoms with Crippen LogP contribution in [0.4, 0.5) is 4.39 Å². The molecule has 1 aromatic carbocycles. The maximum atomic E-state index is 13.3. The monoisotopic (exact) mass is 255 g/mol. The summed E-state index contributed by atoms with van der Waals surface area (Å²) in [6, 6.07) is 2.77. The van der Waals surface area contributed by atoms with Gasteiger partial charge in [0.25, 0.3) is 0 Å². The van der Waals surface area contributed by atoms with Crippen LogP contribution in [0.2, 0.25) is 5.02 Å². The number of esters is 1. The molecule has 1 heterocycles. The molecular formula is C12H11ClFNO2. The summed E-state index contributed by atoms with van der Waals surface area (Å²) in [5.41, 5.74) is 1.62. The molecule has 0 saturated carbocycles. The van der Waals surface area contributed by atoms with Crippen molar-refractivity contribution in [3.05, 3.63) is 34.2 Å². The highest BCUT2D eigenvalue weighted by atomic mass is 35.5. The molecule has 0 atom stereocenters. The third kappa shape index (κ3) is 2.00. The highest BCUT2D eigenvalue weighted by Gasteiger charge is 2.17. The highest BCUT2D eigenvalue weighted by molar-refractivity contribution is 6.31. The van der Waals surface area contributed by atoms with Crippen LogP contribution in [0, 0.1) is 12.7 Å². The van der Waals surface area contributed by atoms with Crippen LogP contribution in [0.15, 0.2) is 12.1 Å². The lowest BCUT2D eigenvalue weighted by atomic mass is 10.1. The molecule has 17 heavy (non-hydrogen) atoms. The van der Waals surface area contributed by atoms with E-state index in [9.17, 15) is 9.18 Å². The van der Waals surface area contributed by atoms with Gasteiger partial charge in [0.1, 0.15) is 11.5 Å². The number of rotatable bonds is 2. The quantitative estimate of drug-likeness (QED) is 0.835. The standard InChI is InChI=1S/C12H11ClFNO2/c1-3-17-12(16)11-6(2)7-4-9(14)8(13)5-10(7)15-11/h4-5,15H,3H2,1-2H3. The normalized spacial score (nSPS) is 10.8. The summed E-state index contributed by atoms with van der Waals surface area (Å²) in [5.74, 6) is -0.950. The number of aromatic amines is 1. The van der Waals surface area contributed by atoms with E-state index in [1.807, 2.05) is 0 Å². The number of H-pyrrole nitrogens is 1. The van der Waals surface area contributed by atoms with E-state index in [-0.39, 0.29) is 5.02 Å². The topological polar surface area (TPSA) is 42.1 Å². The van der Waals surface area contributed by atoms with Gasteiger partial charge >= 0.3 is 5.97 Å². The molecule has 0 saturated heterocycles. The van der Waals surface area contributed by atoms with Gasteiger partial charge in [-0.15, -0.1) is 0 Å². The van der Waals surface area contributed by atoms with Gasteiger partial charge in [-0.1, -0.05) is 11.6 Å². The third-order valence-electron chi connectivity index (χ3n) is 2.58. The van der Waals surface area contributed by atoms with Gasteiger partial charge in [-0.25, -0.2) is 9.18 Å². The maximum Gasteiger partial charge on any atom is 0.355 e. The zero-order valence-corrected chi connectivity index (χ0v) is 10.2. The Morgan fingerprint density at radius 3 is 2.88 bits per heavy atom. The van der Waals surface area contributed by atoms with Gasteiger partial charge in [-0.05, 0) is 31.5 Å². The minimum absolute atomic E-state index is 0.0224. The van der Waals surface area contributed by atoms with Crippen LogP contribution in [0.25, 0.3) is 10.9 Å². The number of nitrogens with one attached hydrogen (secondary N) is 1. The van der Waals surface area contributed by atoms with Crippen molar-refractivity contribution in [3.8, 4) is 0 Å². The SMILES string of the molecule is CCOC(=O)c1[nH]c2cc(Cl)c(F)cc2c1C. The minimum atomic E-state index is -0.503. The van der Waals surface area contributed by atoms with Crippen LogP contribution in [0.3, 0.4) is 0 Å². The van der Waals surface area contributed by atoms with E-state index in [0.29, 0.717) is 28.8 Å². The molecule has 0 bridgehead atoms. The predicted molar refractivity (Wildman–Crippen MR) is 64.0 cm³/mol. The Morgan fingerprint density at radius 2 is 2.24 bits per heavy atom. The molecule has 90 valence electrons. The number of aryl methyl sites for hydroxylation is 1. The second-order valence-corrected chi connectivity index (χ2v) is 4.06. The van der Waals surface area contributed by atoms with Crippen LogP contribution in [-0.4, -0.2) is 17.6 Å². The number of fused-ring (bicyclic) bond motifs is 1. The van der Waals surface area contributed by atoms with Crippen LogP contribution in [-0.2, 0) is 4.74 Å². The minimum Gasteiger partial charge on any atom is -0.461 e. The average molecular weight is 256 g/mol. The number of ether oxygens (including phenoxy) is 1. The maximum absolute atomic E-state index is 13.3. The number of carbonyl (C=O) groups is 1. The summed E-state index contributed by atoms with van der Waals surface area (Å²) in [6.07, 6.45) is 0. The zero-order chi connectivity index (χ0) is 12.6. The predicted octanol–water partition coefficient (Wildman–Crippen LogP) is 3.45. The Bertz CT molecular complexity index is 592. The van der Waals surface area contributed by atoms with Crippen molar-refractivity contribution in [3.63, 3.8) is 0 Å². The fraction of sp³-hybridized carbons (Fsp3) is 0.250. The molecule has 2 rings (SSSR count). The first kappa shape index (κ1) is 11.9. The molecule has 0 aliphatic rings. The Kier molecular flexibility index (Phi) is 3.07. The second-order valence-electron chi connectivity index (χ2n) is 3.66. The summed E-state index contributed by atoms with van der Waals surface area (Å²) in [5, 5.41) is 0.657. The molecule has 3 nitrogen and oxygen atoms in total. The van der Waals surface area contributed by atoms with E-state index in [0.717, 1.165) is 0 Å². The van der Waals surface area contributed by atoms with Gasteiger partial charge in [0.15, 0.2) is 0 Å². The third-order valence-corrected chi connectivity index (χ3v) is 2.87. The molecule has 0 unspecified atom stereocenters. The molecular weight excluding hydrogens is 245 g/mol. The molecule has 1 N–H and O–H groups in total. The Hall–Kier alpha value is -1.55. The van der Waals surface area contributed by atoms with E-state index in [1.54, 1.807) is 13.8 Å². The van der Waals surface area contributed by atoms with Gasteiger partial charge in [-0.3, -0.25) is 0 Å². The lowest BCUT2D eigenvalue weighted by Gasteiger charge is -1.99. The number of benzene rings is 1. The molecule has 0 spiro atoms. The molecule has 0 fully saturated rings. The average Bonchev–Trinajstić information content (AvgIpc) is 2.58. The van der Waals surface area contributed by atoms with Crippen molar-refractivity contribution >= 4 is 28.5 Å². The molecule has 1 aromatic heterocycles. The summed E-state index contributed by atoms with van der Waals surface area (Å²) >= 11 is 5.68. The summed E-state index contributed by atoms with van der Waals surface area (Å²) < 4.78 is 18.2. The Balaban J connectivity index is 2.60. The van der Waals surface area contributed by atoms with Crippen LogP contribution < -0.4 is 0 Å². The van der Waals surface area contributed by atoms with Crippen molar-refractivity contribution in [2.75, 3.05) is 6.61 Å². The Labute approximate surface area is 103 Å². The summed E-state index contributed by atoms with van der Waals surface area (Å²) in [6.45, 7) is 3.76. The molecule has 0 aliphatic carbocycles. The lowest BCUT2D eigenvalue weighted by molar-refractivity contribution is 0.0520. The van der Waals surface area contributed by atoms with Crippen molar-refractivity contribution in [1.29, 1.82) is 0 Å². The first-order valence-electron chi connectivity index (χ1n) is 5.19. The first-order chi connectivity index (χ1) is 8.04. The van der Waals surface area contributed by atoms with Gasteiger partial charge in [-0.2, -0.15) is 0 Å². The van der Waals surface area contributed by atoms with Crippen LogP contribution in [0.1, 0.15) is 23.0 Å². The van der Waals surface area contributed by atoms with Gasteiger partial charge in [0, 0.05) is 10.9 Å². The van der Waals surface area contributed by atoms with Crippen LogP contribution >= 0.6 is 11.6 Å². The van der Waals surface area contributed by atoms with Gasteiger partial charge in [0.2, 0.25) is 0 Å². The van der Waals surface area contributed by atoms with E-state index < -0.39 is 11.8 Å². The lowest BCUT2D eigenvalue weighted by Crippen LogP contribution is -2.06. The largest absolute Gasteiger partial charge is 0.461 e. The number of aromatic nitrogens is 1. The molecule has 5 heteroatoms. The van der Waals surface area contributed by atoms with Crippen LogP contribution in [0.5, 0.6) is 0 Å². The van der Waals surface area contributed by atoms with Gasteiger partial charge in [0.05, 0.1) is 11.6 Å². The Morgan fingerprint density at radius 1 is 1.53 bits per heavy atom. The number of hydrogen-bond donors (Lipinski definition) is 1. The molecule has 2 aromatic rings. The summed E-state index contributed by atoms with van der Waals surface area (Å²) in [7, 11) is 0. The second kappa shape index (κ2) is 4.37. The smallest absolute Gasteiger partial charge is 0.355 e. The highest BCUT2D eigenvalue weighted by Crippen LogP contribution is 2.27. The van der Waals surface area contributed by atoms with E-state index in [4.69, 9.17) is 16.3 Å². The molecule has 0 amide bonds. The zero-order valence-electron chi connectivity index (χ0n) is 9.43. The fourth-order valence-electron chi connectivity index (χ4n) is 1.73. The first-order valence-corrected chi connectivity index (χ1v) is 5.56. The van der Waals surface area contributed by atoms with E-state index in [1.165, 1.54) is 12.1 Å². The summed E-state index contributed by atoms with van der Waals surface area (Å²) in [4.78, 5) is 14.5. The van der Waals surface area contributed by atoms with Crippen molar-refractivity contribution in [2.45, 2.75) is 13.8 Å². The molecule has 0 aliphatic heterocycles. The fourth-order valence-corrected chi connectivity index (χ4v) is 1.89. The number of hydrogen-bond acceptors (Lipinski definition) is 2. The van der Waals surface area contributed by atoms with Crippen molar-refractivity contribution in [2.24, 2.45) is 0 Å².